The van der Waals surface area contributed by atoms with Crippen LogP contribution in [-0.4, -0.2) is 0 Å². The minimum atomic E-state index is -1.57. The highest BCUT2D eigenvalue weighted by Crippen LogP contribution is 2.40. The second-order valence-electron chi connectivity index (χ2n) is 21.0. The summed E-state index contributed by atoms with van der Waals surface area (Å²) in [6.45, 7) is 6.81. The Balaban J connectivity index is 0.000000226. The van der Waals surface area contributed by atoms with Gasteiger partial charge in [0.15, 0.2) is 0 Å². The van der Waals surface area contributed by atoms with Crippen LogP contribution in [0.3, 0.4) is 0 Å². The van der Waals surface area contributed by atoms with Gasteiger partial charge in [-0.3, -0.25) is 0 Å². The van der Waals surface area contributed by atoms with Crippen molar-refractivity contribution in [1.82, 2.24) is 0 Å². The van der Waals surface area contributed by atoms with Crippen molar-refractivity contribution in [2.75, 3.05) is 0 Å². The van der Waals surface area contributed by atoms with Gasteiger partial charge in [0.1, 0.15) is 0 Å². The third kappa shape index (κ3) is 24.4. The van der Waals surface area contributed by atoms with Crippen molar-refractivity contribution in [3.8, 4) is 0 Å². The fourth-order valence-corrected chi connectivity index (χ4v) is 11.3. The van der Waals surface area contributed by atoms with Crippen molar-refractivity contribution in [2.45, 2.75) is 231 Å². The van der Waals surface area contributed by atoms with Crippen LogP contribution in [0.2, 0.25) is 0 Å². The molecular formula is C63H90F6. The smallest absolute Gasteiger partial charge is 0.174 e. The highest BCUT2D eigenvalue weighted by atomic mass is 19.3. The van der Waals surface area contributed by atoms with E-state index in [1.807, 2.05) is 0 Å². The first-order valence-corrected chi connectivity index (χ1v) is 27.9. The lowest BCUT2D eigenvalue weighted by Gasteiger charge is -2.29. The van der Waals surface area contributed by atoms with Crippen molar-refractivity contribution < 1.29 is 26.3 Å². The zero-order valence-electron chi connectivity index (χ0n) is 43.1. The van der Waals surface area contributed by atoms with Gasteiger partial charge in [-0.1, -0.05) is 171 Å². The molecule has 0 spiro atoms. The third-order valence-electron chi connectivity index (χ3n) is 15.7. The standard InChI is InChI=1S/C22H32F2.C21H30F2.C20H28F2/c1-2-3-4-5-7-18-10-14-20(15-11-18)21-16-12-19(13-17-21)8-6-9-22(23)24;1-2-3-4-6-17-9-13-19(14-10-17)20-15-11-18(12-16-20)7-5-8-21(22)23;1-2-3-5-16-8-12-18(13-9-16)19-14-10-17(11-15-19)6-4-7-20(21)22/h9,12-13,16-18,20H,2-8,10-11,14-15H2,1H3;8,11-12,15-17,19H,2-7,9-10,13-14H2,1H3;7,10-11,14-16,18H,2-6,8-9,12-13H2,1H3. The van der Waals surface area contributed by atoms with Crippen LogP contribution in [0.1, 0.15) is 245 Å². The molecule has 0 atom stereocenters. The number of rotatable bonds is 24. The summed E-state index contributed by atoms with van der Waals surface area (Å²) in [6, 6.07) is 26.0. The van der Waals surface area contributed by atoms with E-state index >= 15 is 0 Å². The second kappa shape index (κ2) is 34.7. The number of halogens is 6. The molecule has 3 aliphatic rings. The molecule has 0 amide bonds. The lowest BCUT2D eigenvalue weighted by atomic mass is 9.77. The van der Waals surface area contributed by atoms with Crippen molar-refractivity contribution in [1.29, 1.82) is 0 Å². The van der Waals surface area contributed by atoms with E-state index in [1.165, 1.54) is 171 Å². The zero-order valence-corrected chi connectivity index (χ0v) is 43.1. The van der Waals surface area contributed by atoms with E-state index in [0.29, 0.717) is 56.3 Å². The average Bonchev–Trinajstić information content (AvgIpc) is 3.36. The second-order valence-corrected chi connectivity index (χ2v) is 21.0. The summed E-state index contributed by atoms with van der Waals surface area (Å²) in [5, 5.41) is 0. The highest BCUT2D eigenvalue weighted by molar-refractivity contribution is 5.28. The van der Waals surface area contributed by atoms with E-state index in [-0.39, 0.29) is 0 Å². The normalized spacial score (nSPS) is 21.2. The van der Waals surface area contributed by atoms with E-state index in [4.69, 9.17) is 0 Å². The Morgan fingerprint density at radius 1 is 0.348 bits per heavy atom. The van der Waals surface area contributed by atoms with Gasteiger partial charge in [0, 0.05) is 0 Å². The van der Waals surface area contributed by atoms with Crippen molar-refractivity contribution >= 4 is 0 Å². The fraction of sp³-hybridized carbons (Fsp3) is 0.619. The molecule has 0 saturated heterocycles. The Morgan fingerprint density at radius 2 is 0.609 bits per heavy atom. The maximum absolute atomic E-state index is 12.1. The minimum absolute atomic E-state index is 0.421. The van der Waals surface area contributed by atoms with E-state index in [9.17, 15) is 26.3 Å². The first-order valence-electron chi connectivity index (χ1n) is 27.9. The number of benzene rings is 3. The van der Waals surface area contributed by atoms with Gasteiger partial charge >= 0.3 is 0 Å². The molecule has 0 radical (unpaired) electrons. The molecule has 0 unspecified atom stereocenters. The number of aryl methyl sites for hydroxylation is 3. The van der Waals surface area contributed by atoms with Crippen molar-refractivity contribution in [3.63, 3.8) is 0 Å². The molecule has 3 aromatic rings. The van der Waals surface area contributed by atoms with Gasteiger partial charge in [-0.15, -0.1) is 0 Å². The Labute approximate surface area is 416 Å². The first-order chi connectivity index (χ1) is 33.6. The van der Waals surface area contributed by atoms with Crippen LogP contribution in [0, 0.1) is 17.8 Å². The Bertz CT molecular complexity index is 1820. The van der Waals surface area contributed by atoms with Gasteiger partial charge in [0.05, 0.1) is 0 Å². The monoisotopic (exact) mass is 961 g/mol. The van der Waals surface area contributed by atoms with E-state index in [0.717, 1.165) is 52.7 Å². The van der Waals surface area contributed by atoms with Crippen LogP contribution >= 0.6 is 0 Å². The molecule has 3 saturated carbocycles. The van der Waals surface area contributed by atoms with Crippen molar-refractivity contribution in [2.24, 2.45) is 17.8 Å². The number of allylic oxidation sites excluding steroid dienone is 3. The number of unbranched alkanes of at least 4 members (excludes halogenated alkanes) is 6. The molecule has 0 N–H and O–H groups in total. The van der Waals surface area contributed by atoms with Crippen LogP contribution < -0.4 is 0 Å². The van der Waals surface area contributed by atoms with Crippen LogP contribution in [0.25, 0.3) is 0 Å². The lowest BCUT2D eigenvalue weighted by Crippen LogP contribution is -2.13. The van der Waals surface area contributed by atoms with Crippen LogP contribution in [0.5, 0.6) is 0 Å². The van der Waals surface area contributed by atoms with E-state index in [2.05, 4.69) is 93.6 Å². The summed E-state index contributed by atoms with van der Waals surface area (Å²) >= 11 is 0. The van der Waals surface area contributed by atoms with Crippen LogP contribution in [0.4, 0.5) is 26.3 Å². The predicted molar refractivity (Wildman–Crippen MR) is 282 cm³/mol. The maximum Gasteiger partial charge on any atom is 0.266 e. The number of hydrogen-bond donors (Lipinski definition) is 0. The molecule has 3 aliphatic carbocycles. The van der Waals surface area contributed by atoms with Gasteiger partial charge in [-0.25, -0.2) is 0 Å². The lowest BCUT2D eigenvalue weighted by molar-refractivity contribution is 0.302. The van der Waals surface area contributed by atoms with E-state index in [1.54, 1.807) is 0 Å². The molecule has 6 rings (SSSR count). The summed E-state index contributed by atoms with van der Waals surface area (Å²) in [6.07, 6.45) is 34.3. The molecule has 69 heavy (non-hydrogen) atoms. The largest absolute Gasteiger partial charge is 0.266 e. The SMILES string of the molecule is CCCCC1CCC(c2ccc(CCC=C(F)F)cc2)CC1.CCCCCC1CCC(c2ccc(CCC=C(F)F)cc2)CC1.CCCCCCC1CCC(c2ccc(CCC=C(F)F)cc2)CC1. The molecule has 6 heteroatoms. The molecular weight excluding hydrogens is 871 g/mol. The molecule has 0 bridgehead atoms. The topological polar surface area (TPSA) is 0 Å². The summed E-state index contributed by atoms with van der Waals surface area (Å²) in [7, 11) is 0. The first kappa shape index (κ1) is 58.0. The molecule has 384 valence electrons. The van der Waals surface area contributed by atoms with Gasteiger partial charge in [0.25, 0.3) is 18.2 Å². The van der Waals surface area contributed by atoms with Gasteiger partial charge < -0.3 is 0 Å². The molecule has 0 nitrogen and oxygen atoms in total. The molecule has 3 aromatic carbocycles. The van der Waals surface area contributed by atoms with Crippen molar-refractivity contribution in [3.05, 3.63) is 143 Å². The highest BCUT2D eigenvalue weighted by Gasteiger charge is 2.24. The summed E-state index contributed by atoms with van der Waals surface area (Å²) < 4.78 is 72.2. The Morgan fingerprint density at radius 3 is 0.884 bits per heavy atom. The zero-order chi connectivity index (χ0) is 49.5. The Kier molecular flexibility index (Phi) is 29.2. The maximum atomic E-state index is 12.1. The predicted octanol–water partition coefficient (Wildman–Crippen LogP) is 21.8. The average molecular weight is 961 g/mol. The van der Waals surface area contributed by atoms with Gasteiger partial charge in [-0.05, 0) is 203 Å². The quantitative estimate of drug-likeness (QED) is 0.0620. The Hall–Kier alpha value is -3.54. The van der Waals surface area contributed by atoms with Gasteiger partial charge in [0.2, 0.25) is 0 Å². The molecule has 0 heterocycles. The van der Waals surface area contributed by atoms with Gasteiger partial charge in [-0.2, -0.15) is 26.3 Å². The van der Waals surface area contributed by atoms with Crippen LogP contribution in [-0.2, 0) is 19.3 Å². The molecule has 0 aliphatic heterocycles. The van der Waals surface area contributed by atoms with E-state index < -0.39 is 18.2 Å². The fourth-order valence-electron chi connectivity index (χ4n) is 11.3. The summed E-state index contributed by atoms with van der Waals surface area (Å²) in [4.78, 5) is 0. The minimum Gasteiger partial charge on any atom is -0.174 e. The number of hydrogen-bond acceptors (Lipinski definition) is 0. The summed E-state index contributed by atoms with van der Waals surface area (Å²) in [5.74, 6) is 4.94. The third-order valence-corrected chi connectivity index (χ3v) is 15.7. The van der Waals surface area contributed by atoms with Crippen LogP contribution in [0.15, 0.2) is 109 Å². The summed E-state index contributed by atoms with van der Waals surface area (Å²) in [5.41, 5.74) is 7.77. The molecule has 3 fully saturated rings. The molecule has 0 aromatic heterocycles.